The number of ether oxygens (including phenoxy) is 1. The summed E-state index contributed by atoms with van der Waals surface area (Å²) in [6.07, 6.45) is -0.665. The molecule has 2 N–H and O–H groups in total. The predicted molar refractivity (Wildman–Crippen MR) is 114 cm³/mol. The van der Waals surface area contributed by atoms with E-state index in [4.69, 9.17) is 4.74 Å². The molecule has 3 aromatic rings. The molecule has 7 heteroatoms. The highest BCUT2D eigenvalue weighted by molar-refractivity contribution is 5.83. The molecule has 7 nitrogen and oxygen atoms in total. The van der Waals surface area contributed by atoms with E-state index in [1.807, 2.05) is 37.3 Å². The van der Waals surface area contributed by atoms with E-state index in [1.165, 1.54) is 6.92 Å². The minimum absolute atomic E-state index is 0.0132. The third-order valence-electron chi connectivity index (χ3n) is 4.86. The SMILES string of the molecule is C[C@H](CNC(=O)[C@@H](C)OC(=O)CCc1nc2ccccc2c(=O)[nH]1)c1ccccc1. The van der Waals surface area contributed by atoms with Gasteiger partial charge in [-0.3, -0.25) is 14.4 Å². The van der Waals surface area contributed by atoms with Crippen LogP contribution in [-0.2, 0) is 20.7 Å². The number of hydrogen-bond donors (Lipinski definition) is 2. The van der Waals surface area contributed by atoms with Gasteiger partial charge in [0.25, 0.3) is 11.5 Å². The average Bonchev–Trinajstić information content (AvgIpc) is 2.76. The summed E-state index contributed by atoms with van der Waals surface area (Å²) in [5.74, 6) is -0.314. The summed E-state index contributed by atoms with van der Waals surface area (Å²) in [6.45, 7) is 4.01. The second-order valence-electron chi connectivity index (χ2n) is 7.22. The Hall–Kier alpha value is -3.48. The zero-order chi connectivity index (χ0) is 21.5. The highest BCUT2D eigenvalue weighted by Gasteiger charge is 2.19. The van der Waals surface area contributed by atoms with Crippen molar-refractivity contribution in [3.63, 3.8) is 0 Å². The van der Waals surface area contributed by atoms with E-state index in [-0.39, 0.29) is 30.2 Å². The number of amides is 1. The fourth-order valence-corrected chi connectivity index (χ4v) is 3.08. The van der Waals surface area contributed by atoms with Crippen molar-refractivity contribution in [1.82, 2.24) is 15.3 Å². The number of esters is 1. The maximum Gasteiger partial charge on any atom is 0.307 e. The zero-order valence-corrected chi connectivity index (χ0v) is 17.1. The average molecular weight is 407 g/mol. The number of hydrogen-bond acceptors (Lipinski definition) is 5. The third kappa shape index (κ3) is 5.53. The van der Waals surface area contributed by atoms with E-state index in [9.17, 15) is 14.4 Å². The second kappa shape index (κ2) is 9.82. The molecule has 3 rings (SSSR count). The van der Waals surface area contributed by atoms with Crippen molar-refractivity contribution in [2.75, 3.05) is 6.54 Å². The number of rotatable bonds is 8. The topological polar surface area (TPSA) is 101 Å². The molecule has 0 aliphatic rings. The molecule has 0 aliphatic carbocycles. The molecule has 0 aliphatic heterocycles. The van der Waals surface area contributed by atoms with Crippen LogP contribution in [0.25, 0.3) is 10.9 Å². The number of H-pyrrole nitrogens is 1. The molecule has 0 unspecified atom stereocenters. The summed E-state index contributed by atoms with van der Waals surface area (Å²) in [4.78, 5) is 43.5. The molecule has 0 bridgehead atoms. The molecule has 0 saturated carbocycles. The Bertz CT molecular complexity index is 1080. The zero-order valence-electron chi connectivity index (χ0n) is 17.1. The summed E-state index contributed by atoms with van der Waals surface area (Å²) in [5, 5.41) is 3.31. The van der Waals surface area contributed by atoms with Gasteiger partial charge in [0.05, 0.1) is 17.3 Å². The van der Waals surface area contributed by atoms with Gasteiger partial charge in [0.1, 0.15) is 5.82 Å². The molecule has 0 radical (unpaired) electrons. The number of carbonyl (C=O) groups is 2. The van der Waals surface area contributed by atoms with Crippen LogP contribution in [0.15, 0.2) is 59.4 Å². The van der Waals surface area contributed by atoms with Crippen LogP contribution < -0.4 is 10.9 Å². The van der Waals surface area contributed by atoms with Crippen LogP contribution in [0.3, 0.4) is 0 Å². The van der Waals surface area contributed by atoms with Crippen LogP contribution >= 0.6 is 0 Å². The van der Waals surface area contributed by atoms with Crippen LogP contribution in [-0.4, -0.2) is 34.5 Å². The minimum Gasteiger partial charge on any atom is -0.453 e. The molecule has 2 atom stereocenters. The van der Waals surface area contributed by atoms with Crippen molar-refractivity contribution in [1.29, 1.82) is 0 Å². The fourth-order valence-electron chi connectivity index (χ4n) is 3.08. The molecule has 156 valence electrons. The van der Waals surface area contributed by atoms with Crippen molar-refractivity contribution >= 4 is 22.8 Å². The lowest BCUT2D eigenvalue weighted by Gasteiger charge is -2.16. The third-order valence-corrected chi connectivity index (χ3v) is 4.86. The summed E-state index contributed by atoms with van der Waals surface area (Å²) in [7, 11) is 0. The quantitative estimate of drug-likeness (QED) is 0.559. The number of fused-ring (bicyclic) bond motifs is 1. The van der Waals surface area contributed by atoms with Crippen LogP contribution in [0, 0.1) is 0 Å². The Labute approximate surface area is 174 Å². The number of nitrogens with one attached hydrogen (secondary N) is 2. The van der Waals surface area contributed by atoms with E-state index in [0.29, 0.717) is 23.3 Å². The maximum atomic E-state index is 12.2. The van der Waals surface area contributed by atoms with E-state index in [1.54, 1.807) is 24.3 Å². The first-order valence-electron chi connectivity index (χ1n) is 9.94. The monoisotopic (exact) mass is 407 g/mol. The molecule has 1 aromatic heterocycles. The van der Waals surface area contributed by atoms with E-state index in [0.717, 1.165) is 5.56 Å². The van der Waals surface area contributed by atoms with Gasteiger partial charge in [-0.15, -0.1) is 0 Å². The predicted octanol–water partition coefficient (Wildman–Crippen LogP) is 2.71. The van der Waals surface area contributed by atoms with Crippen molar-refractivity contribution < 1.29 is 14.3 Å². The number of aromatic amines is 1. The van der Waals surface area contributed by atoms with Gasteiger partial charge in [0.15, 0.2) is 6.10 Å². The molecule has 1 amide bonds. The highest BCUT2D eigenvalue weighted by Crippen LogP contribution is 2.13. The first kappa shape index (κ1) is 21.2. The normalized spacial score (nSPS) is 12.9. The molecular weight excluding hydrogens is 382 g/mol. The van der Waals surface area contributed by atoms with Crippen LogP contribution in [0.5, 0.6) is 0 Å². The lowest BCUT2D eigenvalue weighted by molar-refractivity contribution is -0.154. The van der Waals surface area contributed by atoms with Gasteiger partial charge in [-0.25, -0.2) is 4.98 Å². The lowest BCUT2D eigenvalue weighted by atomic mass is 10.0. The number of benzene rings is 2. The first-order chi connectivity index (χ1) is 14.4. The number of aromatic nitrogens is 2. The van der Waals surface area contributed by atoms with Crippen molar-refractivity contribution in [2.45, 2.75) is 38.7 Å². The van der Waals surface area contributed by atoms with Gasteiger partial charge in [-0.05, 0) is 30.5 Å². The van der Waals surface area contributed by atoms with Gasteiger partial charge in [0, 0.05) is 13.0 Å². The Morgan fingerprint density at radius 1 is 1.07 bits per heavy atom. The smallest absolute Gasteiger partial charge is 0.307 e. The Morgan fingerprint density at radius 3 is 2.53 bits per heavy atom. The number of aryl methyl sites for hydroxylation is 1. The van der Waals surface area contributed by atoms with Crippen molar-refractivity contribution in [3.05, 3.63) is 76.3 Å². The molecule has 30 heavy (non-hydrogen) atoms. The Balaban J connectivity index is 1.47. The summed E-state index contributed by atoms with van der Waals surface area (Å²) in [6, 6.07) is 16.9. The van der Waals surface area contributed by atoms with Crippen molar-refractivity contribution in [3.8, 4) is 0 Å². The molecule has 0 saturated heterocycles. The van der Waals surface area contributed by atoms with Gasteiger partial charge < -0.3 is 15.0 Å². The standard InChI is InChI=1S/C23H25N3O4/c1-15(17-8-4-3-5-9-17)14-24-22(28)16(2)30-21(27)13-12-20-25-19-11-7-6-10-18(19)23(29)26-20/h3-11,15-16H,12-14H2,1-2H3,(H,24,28)(H,25,26,29)/t15-,16-/m1/s1. The molecular formula is C23H25N3O4. The summed E-state index contributed by atoms with van der Waals surface area (Å²) >= 11 is 0. The second-order valence-corrected chi connectivity index (χ2v) is 7.22. The Morgan fingerprint density at radius 2 is 1.77 bits per heavy atom. The highest BCUT2D eigenvalue weighted by atomic mass is 16.5. The number of para-hydroxylation sites is 1. The number of carbonyl (C=O) groups excluding carboxylic acids is 2. The summed E-state index contributed by atoms with van der Waals surface area (Å²) < 4.78 is 5.22. The van der Waals surface area contributed by atoms with E-state index in [2.05, 4.69) is 15.3 Å². The van der Waals surface area contributed by atoms with Crippen LogP contribution in [0.1, 0.15) is 37.6 Å². The largest absolute Gasteiger partial charge is 0.453 e. The molecule has 0 spiro atoms. The molecule has 1 heterocycles. The van der Waals surface area contributed by atoms with E-state index >= 15 is 0 Å². The van der Waals surface area contributed by atoms with Crippen LogP contribution in [0.4, 0.5) is 0 Å². The lowest BCUT2D eigenvalue weighted by Crippen LogP contribution is -2.37. The molecule has 0 fully saturated rings. The maximum absolute atomic E-state index is 12.2. The summed E-state index contributed by atoms with van der Waals surface area (Å²) in [5.41, 5.74) is 1.45. The van der Waals surface area contributed by atoms with Gasteiger partial charge in [-0.1, -0.05) is 49.4 Å². The fraction of sp³-hybridized carbons (Fsp3) is 0.304. The Kier molecular flexibility index (Phi) is 6.95. The van der Waals surface area contributed by atoms with Crippen molar-refractivity contribution in [2.24, 2.45) is 0 Å². The molecule has 2 aromatic carbocycles. The minimum atomic E-state index is -0.899. The van der Waals surface area contributed by atoms with Crippen LogP contribution in [0.2, 0.25) is 0 Å². The van der Waals surface area contributed by atoms with Gasteiger partial charge >= 0.3 is 5.97 Å². The van der Waals surface area contributed by atoms with E-state index < -0.39 is 12.1 Å². The number of nitrogens with zero attached hydrogens (tertiary/aromatic N) is 1. The van der Waals surface area contributed by atoms with Gasteiger partial charge in [0.2, 0.25) is 0 Å². The first-order valence-corrected chi connectivity index (χ1v) is 9.94. The van der Waals surface area contributed by atoms with Gasteiger partial charge in [-0.2, -0.15) is 0 Å².